The van der Waals surface area contributed by atoms with Crippen LogP contribution in [-0.2, 0) is 14.4 Å². The number of aromatic hydroxyl groups is 1. The summed E-state index contributed by atoms with van der Waals surface area (Å²) < 4.78 is 6.36. The monoisotopic (exact) mass is 560 g/mol. The Bertz CT molecular complexity index is 1370. The van der Waals surface area contributed by atoms with Crippen molar-refractivity contribution >= 4 is 53.1 Å². The molecule has 1 aromatic heterocycles. The first-order valence-corrected chi connectivity index (χ1v) is 14.7. The van der Waals surface area contributed by atoms with Gasteiger partial charge >= 0.3 is 5.97 Å². The molecule has 6 rings (SSSR count). The molecule has 3 heterocycles. The fraction of sp³-hybridized carbons (Fsp3) is 0.538. The van der Waals surface area contributed by atoms with E-state index in [4.69, 9.17) is 17.0 Å². The Morgan fingerprint density at radius 3 is 2.59 bits per heavy atom. The van der Waals surface area contributed by atoms with Crippen LogP contribution in [0.3, 0.4) is 0 Å². The van der Waals surface area contributed by atoms with E-state index in [9.17, 15) is 24.6 Å². The molecule has 1 aromatic carbocycles. The number of carbonyl (C=O) groups is 3. The number of imide groups is 1. The number of hydrogen-bond donors (Lipinski definition) is 3. The smallest absolute Gasteiger partial charge is 0.327 e. The molecule has 3 N–H and O–H groups in total. The minimum Gasteiger partial charge on any atom is -0.504 e. The van der Waals surface area contributed by atoms with E-state index < -0.39 is 23.8 Å². The summed E-state index contributed by atoms with van der Waals surface area (Å²) in [7, 11) is 0. The number of phenols is 1. The molecule has 0 spiro atoms. The summed E-state index contributed by atoms with van der Waals surface area (Å²) in [5, 5.41) is 21.3. The van der Waals surface area contributed by atoms with Crippen molar-refractivity contribution in [3.63, 3.8) is 0 Å². The summed E-state index contributed by atoms with van der Waals surface area (Å²) in [6.07, 6.45) is 0.769. The van der Waals surface area contributed by atoms with Gasteiger partial charge in [0.15, 0.2) is 15.5 Å². The van der Waals surface area contributed by atoms with Crippen LogP contribution in [0.25, 0.3) is 0 Å². The topological polar surface area (TPSA) is 120 Å². The lowest BCUT2D eigenvalue weighted by atomic mass is 9.68. The third kappa shape index (κ3) is 3.53. The molecule has 37 heavy (non-hydrogen) atoms. The zero-order valence-corrected chi connectivity index (χ0v) is 23.0. The van der Waals surface area contributed by atoms with E-state index in [0.717, 1.165) is 26.8 Å². The SMILES string of the molecule is CCOc1cc(C2c3sc(=S)[nH]c3SC3C4CC(C5C(=O)N(C(C(=O)O)C(C)C)C(=O)C45)C23)ccc1O. The van der Waals surface area contributed by atoms with Crippen LogP contribution in [-0.4, -0.2) is 55.8 Å². The Hall–Kier alpha value is -2.37. The summed E-state index contributed by atoms with van der Waals surface area (Å²) in [6.45, 7) is 5.74. The molecular weight excluding hydrogens is 532 g/mol. The molecule has 2 bridgehead atoms. The van der Waals surface area contributed by atoms with Crippen LogP contribution in [0.4, 0.5) is 0 Å². The van der Waals surface area contributed by atoms with Crippen molar-refractivity contribution in [1.29, 1.82) is 0 Å². The fourth-order valence-corrected chi connectivity index (χ4v) is 10.7. The van der Waals surface area contributed by atoms with Gasteiger partial charge in [-0.1, -0.05) is 19.9 Å². The molecule has 8 atom stereocenters. The summed E-state index contributed by atoms with van der Waals surface area (Å²) in [6, 6.07) is 4.27. The van der Waals surface area contributed by atoms with Gasteiger partial charge < -0.3 is 19.9 Å². The van der Waals surface area contributed by atoms with Gasteiger partial charge in [0.25, 0.3) is 0 Å². The molecule has 2 aliphatic carbocycles. The number of nitrogens with zero attached hydrogens (tertiary/aromatic N) is 1. The molecule has 11 heteroatoms. The predicted molar refractivity (Wildman–Crippen MR) is 140 cm³/mol. The molecule has 0 radical (unpaired) electrons. The van der Waals surface area contributed by atoms with Crippen LogP contribution < -0.4 is 4.74 Å². The number of thioether (sulfide) groups is 1. The fourth-order valence-electron chi connectivity index (χ4n) is 7.38. The van der Waals surface area contributed by atoms with Gasteiger partial charge in [-0.25, -0.2) is 4.79 Å². The Morgan fingerprint density at radius 1 is 1.24 bits per heavy atom. The normalized spacial score (nSPS) is 32.4. The van der Waals surface area contributed by atoms with Gasteiger partial charge in [-0.15, -0.1) is 23.1 Å². The highest BCUT2D eigenvalue weighted by Crippen LogP contribution is 2.69. The van der Waals surface area contributed by atoms with E-state index in [1.165, 1.54) is 11.3 Å². The number of benzene rings is 1. The van der Waals surface area contributed by atoms with Crippen molar-refractivity contribution in [2.75, 3.05) is 6.61 Å². The highest BCUT2D eigenvalue weighted by atomic mass is 32.2. The molecule has 2 saturated carbocycles. The first-order chi connectivity index (χ1) is 17.6. The Morgan fingerprint density at radius 2 is 1.95 bits per heavy atom. The molecule has 8 nitrogen and oxygen atoms in total. The molecule has 8 unspecified atom stereocenters. The Kier molecular flexibility index (Phi) is 5.96. The van der Waals surface area contributed by atoms with E-state index in [2.05, 4.69) is 4.98 Å². The van der Waals surface area contributed by atoms with Gasteiger partial charge in [-0.05, 0) is 66.9 Å². The minimum atomic E-state index is -1.15. The maximum absolute atomic E-state index is 13.8. The summed E-state index contributed by atoms with van der Waals surface area (Å²) in [5.41, 5.74) is 0.978. The number of likely N-dealkylation sites (tertiary alicyclic amines) is 1. The van der Waals surface area contributed by atoms with Crippen molar-refractivity contribution in [3.8, 4) is 11.5 Å². The number of aromatic amines is 1. The largest absolute Gasteiger partial charge is 0.504 e. The van der Waals surface area contributed by atoms with Crippen molar-refractivity contribution in [3.05, 3.63) is 32.6 Å². The van der Waals surface area contributed by atoms with E-state index in [0.29, 0.717) is 16.3 Å². The number of hydrogen-bond acceptors (Lipinski definition) is 8. The number of rotatable bonds is 6. The molecule has 2 aromatic rings. The van der Waals surface area contributed by atoms with Gasteiger partial charge in [-0.3, -0.25) is 14.5 Å². The first kappa shape index (κ1) is 24.9. The summed E-state index contributed by atoms with van der Waals surface area (Å²) in [4.78, 5) is 45.0. The molecule has 196 valence electrons. The van der Waals surface area contributed by atoms with Gasteiger partial charge in [0.2, 0.25) is 11.8 Å². The number of phenolic OH excluding ortho intramolecular Hbond substituents is 1. The molecule has 2 aliphatic heterocycles. The number of amides is 2. The van der Waals surface area contributed by atoms with Crippen LogP contribution in [0.15, 0.2) is 23.2 Å². The molecular formula is C26H28N2O6S3. The van der Waals surface area contributed by atoms with Crippen molar-refractivity contribution in [2.45, 2.75) is 49.4 Å². The van der Waals surface area contributed by atoms with Crippen molar-refractivity contribution < 1.29 is 29.3 Å². The number of thiazole rings is 1. The average Bonchev–Trinajstić information content (AvgIpc) is 3.56. The standard InChI is InChI=1S/C26H28N2O6S3/c1-4-34-14-7-10(5-6-13(14)29)15-16-11-8-12(20(16)36-22-21(15)37-26(35)27-22)18-17(11)23(30)28(24(18)31)19(9(2)3)25(32)33/h5-7,9,11-12,15-20,29H,4,8H2,1-3H3,(H,27,35)(H,32,33). The van der Waals surface area contributed by atoms with E-state index in [1.54, 1.807) is 31.7 Å². The number of H-pyrrole nitrogens is 1. The van der Waals surface area contributed by atoms with E-state index >= 15 is 0 Å². The number of aliphatic carboxylic acids is 1. The highest BCUT2D eigenvalue weighted by Gasteiger charge is 2.70. The predicted octanol–water partition coefficient (Wildman–Crippen LogP) is 4.49. The van der Waals surface area contributed by atoms with Crippen LogP contribution >= 0.6 is 35.3 Å². The second kappa shape index (κ2) is 8.84. The number of ether oxygens (including phenoxy) is 1. The number of fused-ring (bicyclic) bond motifs is 9. The zero-order valence-electron chi connectivity index (χ0n) is 20.5. The highest BCUT2D eigenvalue weighted by molar-refractivity contribution is 8.00. The van der Waals surface area contributed by atoms with Gasteiger partial charge in [-0.2, -0.15) is 0 Å². The van der Waals surface area contributed by atoms with Crippen molar-refractivity contribution in [2.24, 2.45) is 35.5 Å². The minimum absolute atomic E-state index is 0.0194. The quantitative estimate of drug-likeness (QED) is 0.349. The zero-order chi connectivity index (χ0) is 26.3. The van der Waals surface area contributed by atoms with Gasteiger partial charge in [0, 0.05) is 16.0 Å². The maximum atomic E-state index is 13.8. The van der Waals surface area contributed by atoms with Crippen LogP contribution in [0.1, 0.15) is 43.6 Å². The summed E-state index contributed by atoms with van der Waals surface area (Å²) in [5.74, 6) is -2.75. The lowest BCUT2D eigenvalue weighted by Crippen LogP contribution is -2.49. The third-order valence-electron chi connectivity index (χ3n) is 8.56. The van der Waals surface area contributed by atoms with Gasteiger partial charge in [0.05, 0.1) is 23.5 Å². The Labute approximate surface area is 227 Å². The van der Waals surface area contributed by atoms with Crippen LogP contribution in [0.2, 0.25) is 0 Å². The number of carboxylic acid groups (broad SMARTS) is 1. The average molecular weight is 561 g/mol. The van der Waals surface area contributed by atoms with Gasteiger partial charge in [0.1, 0.15) is 6.04 Å². The Balaban J connectivity index is 1.44. The van der Waals surface area contributed by atoms with E-state index in [1.807, 2.05) is 19.1 Å². The molecule has 1 saturated heterocycles. The second-order valence-electron chi connectivity index (χ2n) is 10.7. The first-order valence-electron chi connectivity index (χ1n) is 12.6. The molecule has 4 aliphatic rings. The van der Waals surface area contributed by atoms with Crippen LogP contribution in [0.5, 0.6) is 11.5 Å². The number of aromatic nitrogens is 1. The second-order valence-corrected chi connectivity index (χ2v) is 13.6. The van der Waals surface area contributed by atoms with E-state index in [-0.39, 0.29) is 52.4 Å². The maximum Gasteiger partial charge on any atom is 0.327 e. The molecule has 2 amide bonds. The van der Waals surface area contributed by atoms with Crippen molar-refractivity contribution in [1.82, 2.24) is 9.88 Å². The lowest BCUT2D eigenvalue weighted by Gasteiger charge is -2.43. The molecule has 3 fully saturated rings. The summed E-state index contributed by atoms with van der Waals surface area (Å²) >= 11 is 8.74. The lowest BCUT2D eigenvalue weighted by molar-refractivity contribution is -0.157. The third-order valence-corrected chi connectivity index (χ3v) is 11.5. The number of carboxylic acids is 1. The van der Waals surface area contributed by atoms with Crippen LogP contribution in [0, 0.1) is 39.5 Å². The number of carbonyl (C=O) groups excluding carboxylic acids is 2. The number of nitrogens with one attached hydrogen (secondary N) is 1.